The summed E-state index contributed by atoms with van der Waals surface area (Å²) in [5.41, 5.74) is 0.365. The average Bonchev–Trinajstić information content (AvgIpc) is 2.51. The van der Waals surface area contributed by atoms with Crippen molar-refractivity contribution in [3.05, 3.63) is 0 Å². The fourth-order valence-corrected chi connectivity index (χ4v) is 5.64. The van der Waals surface area contributed by atoms with Crippen LogP contribution in [0.3, 0.4) is 0 Å². The van der Waals surface area contributed by atoms with Gasteiger partial charge < -0.3 is 4.74 Å². The molecule has 0 radical (unpaired) electrons. The summed E-state index contributed by atoms with van der Waals surface area (Å²) >= 11 is 0. The topological polar surface area (TPSA) is 9.23 Å². The molecule has 0 atom stereocenters. The van der Waals surface area contributed by atoms with Crippen LogP contribution in [-0.2, 0) is 4.74 Å². The monoisotopic (exact) mass is 220 g/mol. The predicted octanol–water partition coefficient (Wildman–Crippen LogP) is 3.77. The molecule has 4 aliphatic carbocycles. The van der Waals surface area contributed by atoms with Crippen molar-refractivity contribution in [1.29, 1.82) is 0 Å². The fraction of sp³-hybridized carbons (Fsp3) is 1.00. The van der Waals surface area contributed by atoms with E-state index >= 15 is 0 Å². The van der Waals surface area contributed by atoms with Crippen LogP contribution in [0, 0.1) is 23.7 Å². The summed E-state index contributed by atoms with van der Waals surface area (Å²) in [5, 5.41) is 0. The Morgan fingerprint density at radius 1 is 0.750 bits per heavy atom. The van der Waals surface area contributed by atoms with Crippen LogP contribution in [0.25, 0.3) is 0 Å². The van der Waals surface area contributed by atoms with Gasteiger partial charge in [0.15, 0.2) is 0 Å². The summed E-state index contributed by atoms with van der Waals surface area (Å²) in [5.74, 6) is 4.06. The van der Waals surface area contributed by atoms with Crippen LogP contribution < -0.4 is 0 Å². The molecule has 1 heteroatoms. The molecule has 1 nitrogen and oxygen atoms in total. The molecule has 1 saturated heterocycles. The van der Waals surface area contributed by atoms with Gasteiger partial charge in [-0.15, -0.1) is 0 Å². The van der Waals surface area contributed by atoms with Gasteiger partial charge in [0.25, 0.3) is 0 Å². The molecular weight excluding hydrogens is 196 g/mol. The highest BCUT2D eigenvalue weighted by Gasteiger charge is 2.57. The Balaban J connectivity index is 1.67. The predicted molar refractivity (Wildman–Crippen MR) is 64.2 cm³/mol. The highest BCUT2D eigenvalue weighted by atomic mass is 16.5. The minimum absolute atomic E-state index is 0.365. The van der Waals surface area contributed by atoms with E-state index in [4.69, 9.17) is 4.74 Å². The van der Waals surface area contributed by atoms with Crippen LogP contribution in [0.2, 0.25) is 0 Å². The average molecular weight is 220 g/mol. The molecule has 4 saturated carbocycles. The van der Waals surface area contributed by atoms with Crippen molar-refractivity contribution in [1.82, 2.24) is 0 Å². The second-order valence-electron chi connectivity index (χ2n) is 6.92. The van der Waals surface area contributed by atoms with Crippen LogP contribution in [-0.4, -0.2) is 12.2 Å². The molecule has 5 rings (SSSR count). The van der Waals surface area contributed by atoms with E-state index in [1.165, 1.54) is 51.4 Å². The SMILES string of the molecule is C1CCOC2(CC1)C1CC3CC(C1)CC2C3. The van der Waals surface area contributed by atoms with E-state index in [0.717, 1.165) is 30.3 Å². The quantitative estimate of drug-likeness (QED) is 0.604. The van der Waals surface area contributed by atoms with Crippen LogP contribution >= 0.6 is 0 Å². The molecule has 90 valence electrons. The number of rotatable bonds is 0. The van der Waals surface area contributed by atoms with Gasteiger partial charge in [0.05, 0.1) is 5.60 Å². The Bertz CT molecular complexity index is 245. The lowest BCUT2D eigenvalue weighted by atomic mass is 9.49. The lowest BCUT2D eigenvalue weighted by Crippen LogP contribution is -2.58. The third-order valence-corrected chi connectivity index (χ3v) is 6.10. The molecule has 4 bridgehead atoms. The lowest BCUT2D eigenvalue weighted by molar-refractivity contribution is -0.203. The summed E-state index contributed by atoms with van der Waals surface area (Å²) in [6, 6.07) is 0. The zero-order valence-corrected chi connectivity index (χ0v) is 10.3. The van der Waals surface area contributed by atoms with Gasteiger partial charge in [-0.05, 0) is 68.6 Å². The van der Waals surface area contributed by atoms with E-state index in [1.54, 1.807) is 6.42 Å². The maximum absolute atomic E-state index is 6.47. The second-order valence-corrected chi connectivity index (χ2v) is 6.92. The van der Waals surface area contributed by atoms with E-state index in [0.29, 0.717) is 5.60 Å². The van der Waals surface area contributed by atoms with E-state index in [-0.39, 0.29) is 0 Å². The molecule has 5 aliphatic rings. The van der Waals surface area contributed by atoms with Crippen molar-refractivity contribution >= 4 is 0 Å². The molecule has 1 spiro atoms. The number of hydrogen-bond acceptors (Lipinski definition) is 1. The molecular formula is C15H24O. The Morgan fingerprint density at radius 2 is 1.44 bits per heavy atom. The first kappa shape index (κ1) is 9.94. The minimum atomic E-state index is 0.365. The van der Waals surface area contributed by atoms with E-state index in [9.17, 15) is 0 Å². The zero-order chi connectivity index (χ0) is 10.6. The number of hydrogen-bond donors (Lipinski definition) is 0. The summed E-state index contributed by atoms with van der Waals surface area (Å²) in [7, 11) is 0. The van der Waals surface area contributed by atoms with Gasteiger partial charge in [0.1, 0.15) is 0 Å². The molecule has 16 heavy (non-hydrogen) atoms. The van der Waals surface area contributed by atoms with Crippen molar-refractivity contribution in [2.45, 2.75) is 63.4 Å². The first-order valence-corrected chi connectivity index (χ1v) is 7.51. The summed E-state index contributed by atoms with van der Waals surface area (Å²) < 4.78 is 6.47. The summed E-state index contributed by atoms with van der Waals surface area (Å²) in [6.07, 6.45) is 13.1. The third kappa shape index (κ3) is 1.27. The fourth-order valence-electron chi connectivity index (χ4n) is 5.64. The van der Waals surface area contributed by atoms with Gasteiger partial charge in [-0.1, -0.05) is 12.8 Å². The van der Waals surface area contributed by atoms with Crippen molar-refractivity contribution < 1.29 is 4.74 Å². The standard InChI is InChI=1S/C15H24O/c1-2-4-15(16-5-3-1)13-7-11-6-12(9-13)10-14(15)8-11/h11-14H,1-10H2. The number of ether oxygens (including phenoxy) is 1. The van der Waals surface area contributed by atoms with Crippen molar-refractivity contribution in [3.8, 4) is 0 Å². The Kier molecular flexibility index (Phi) is 2.16. The van der Waals surface area contributed by atoms with Gasteiger partial charge in [-0.25, -0.2) is 0 Å². The Hall–Kier alpha value is -0.0400. The lowest BCUT2D eigenvalue weighted by Gasteiger charge is -2.60. The van der Waals surface area contributed by atoms with E-state index in [2.05, 4.69) is 0 Å². The second kappa shape index (κ2) is 3.48. The Labute approximate surface area is 98.9 Å². The third-order valence-electron chi connectivity index (χ3n) is 6.10. The van der Waals surface area contributed by atoms with Gasteiger partial charge in [0, 0.05) is 6.61 Å². The normalized spacial score (nSPS) is 55.5. The van der Waals surface area contributed by atoms with Gasteiger partial charge in [-0.3, -0.25) is 0 Å². The summed E-state index contributed by atoms with van der Waals surface area (Å²) in [6.45, 7) is 1.06. The Morgan fingerprint density at radius 3 is 2.12 bits per heavy atom. The van der Waals surface area contributed by atoms with Crippen molar-refractivity contribution in [2.24, 2.45) is 23.7 Å². The minimum Gasteiger partial charge on any atom is -0.374 e. The van der Waals surface area contributed by atoms with E-state index in [1.807, 2.05) is 0 Å². The molecule has 1 heterocycles. The first-order valence-electron chi connectivity index (χ1n) is 7.51. The van der Waals surface area contributed by atoms with Crippen LogP contribution in [0.5, 0.6) is 0 Å². The smallest absolute Gasteiger partial charge is 0.0738 e. The molecule has 5 fully saturated rings. The maximum Gasteiger partial charge on any atom is 0.0738 e. The van der Waals surface area contributed by atoms with Crippen molar-refractivity contribution in [2.75, 3.05) is 6.61 Å². The van der Waals surface area contributed by atoms with Crippen LogP contribution in [0.15, 0.2) is 0 Å². The van der Waals surface area contributed by atoms with E-state index < -0.39 is 0 Å². The molecule has 0 aromatic carbocycles. The molecule has 1 aliphatic heterocycles. The highest BCUT2D eigenvalue weighted by Crippen LogP contribution is 2.61. The highest BCUT2D eigenvalue weighted by molar-refractivity contribution is 5.08. The zero-order valence-electron chi connectivity index (χ0n) is 10.3. The molecule has 0 N–H and O–H groups in total. The molecule has 0 aromatic heterocycles. The van der Waals surface area contributed by atoms with Crippen LogP contribution in [0.4, 0.5) is 0 Å². The van der Waals surface area contributed by atoms with Gasteiger partial charge in [0.2, 0.25) is 0 Å². The maximum atomic E-state index is 6.47. The first-order chi connectivity index (χ1) is 7.87. The van der Waals surface area contributed by atoms with Crippen molar-refractivity contribution in [3.63, 3.8) is 0 Å². The van der Waals surface area contributed by atoms with Gasteiger partial charge >= 0.3 is 0 Å². The molecule has 0 aromatic rings. The largest absolute Gasteiger partial charge is 0.374 e. The summed E-state index contributed by atoms with van der Waals surface area (Å²) in [4.78, 5) is 0. The van der Waals surface area contributed by atoms with Crippen LogP contribution in [0.1, 0.15) is 57.8 Å². The molecule has 0 amide bonds. The van der Waals surface area contributed by atoms with Gasteiger partial charge in [-0.2, -0.15) is 0 Å². The molecule has 0 unspecified atom stereocenters.